The van der Waals surface area contributed by atoms with Crippen molar-refractivity contribution in [3.05, 3.63) is 29.8 Å². The number of anilines is 1. The van der Waals surface area contributed by atoms with E-state index >= 15 is 0 Å². The summed E-state index contributed by atoms with van der Waals surface area (Å²) in [7, 11) is 0. The quantitative estimate of drug-likeness (QED) is 0.894. The van der Waals surface area contributed by atoms with Crippen molar-refractivity contribution in [1.82, 2.24) is 10.2 Å². The van der Waals surface area contributed by atoms with E-state index in [1.807, 2.05) is 37.8 Å². The molecule has 126 valence electrons. The maximum atomic E-state index is 12.2. The maximum absolute atomic E-state index is 12.2. The minimum atomic E-state index is -0.528. The van der Waals surface area contributed by atoms with Gasteiger partial charge in [-0.15, -0.1) is 0 Å². The van der Waals surface area contributed by atoms with Crippen molar-refractivity contribution >= 4 is 17.7 Å². The summed E-state index contributed by atoms with van der Waals surface area (Å²) in [6.07, 6.45) is -0.102. The molecule has 0 aliphatic carbocycles. The van der Waals surface area contributed by atoms with Gasteiger partial charge in [0.05, 0.1) is 6.42 Å². The minimum Gasteiger partial charge on any atom is -0.444 e. The molecule has 2 amide bonds. The number of nitrogens with zero attached hydrogens (tertiary/aromatic N) is 1. The standard InChI is InChI=1S/C17H25N3O3/c1-17(2,3)23-16(22)19-14-6-4-13(5-7-14)12-15(21)20-10-8-18-9-11-20/h4-7,18H,8-12H2,1-3H3,(H,19,22). The zero-order chi connectivity index (χ0) is 16.9. The van der Waals surface area contributed by atoms with Gasteiger partial charge >= 0.3 is 6.09 Å². The molecule has 6 nitrogen and oxygen atoms in total. The van der Waals surface area contributed by atoms with Crippen LogP contribution in [0.15, 0.2) is 24.3 Å². The summed E-state index contributed by atoms with van der Waals surface area (Å²) in [5.41, 5.74) is 1.06. The van der Waals surface area contributed by atoms with Crippen molar-refractivity contribution in [2.24, 2.45) is 0 Å². The highest BCUT2D eigenvalue weighted by atomic mass is 16.6. The Kier molecular flexibility index (Phi) is 5.60. The van der Waals surface area contributed by atoms with Gasteiger partial charge in [-0.05, 0) is 38.5 Å². The van der Waals surface area contributed by atoms with Gasteiger partial charge in [0, 0.05) is 31.9 Å². The van der Waals surface area contributed by atoms with Crippen LogP contribution in [0.25, 0.3) is 0 Å². The van der Waals surface area contributed by atoms with Crippen LogP contribution >= 0.6 is 0 Å². The van der Waals surface area contributed by atoms with Crippen LogP contribution in [0.1, 0.15) is 26.3 Å². The molecule has 0 spiro atoms. The predicted molar refractivity (Wildman–Crippen MR) is 89.5 cm³/mol. The molecule has 1 heterocycles. The van der Waals surface area contributed by atoms with Crippen molar-refractivity contribution in [3.63, 3.8) is 0 Å². The van der Waals surface area contributed by atoms with Crippen LogP contribution in [0.3, 0.4) is 0 Å². The van der Waals surface area contributed by atoms with Crippen molar-refractivity contribution in [2.75, 3.05) is 31.5 Å². The molecule has 2 N–H and O–H groups in total. The highest BCUT2D eigenvalue weighted by Gasteiger charge is 2.17. The molecule has 1 saturated heterocycles. The topological polar surface area (TPSA) is 70.7 Å². The smallest absolute Gasteiger partial charge is 0.412 e. The van der Waals surface area contributed by atoms with Gasteiger partial charge in [0.15, 0.2) is 0 Å². The van der Waals surface area contributed by atoms with E-state index in [9.17, 15) is 9.59 Å². The molecule has 6 heteroatoms. The molecule has 0 bridgehead atoms. The van der Waals surface area contributed by atoms with E-state index in [0.717, 1.165) is 31.7 Å². The number of carbonyl (C=O) groups is 2. The molecule has 23 heavy (non-hydrogen) atoms. The highest BCUT2D eigenvalue weighted by Crippen LogP contribution is 2.14. The highest BCUT2D eigenvalue weighted by molar-refractivity contribution is 5.85. The average Bonchev–Trinajstić information content (AvgIpc) is 2.48. The van der Waals surface area contributed by atoms with E-state index in [1.54, 1.807) is 12.1 Å². The van der Waals surface area contributed by atoms with Crippen molar-refractivity contribution in [1.29, 1.82) is 0 Å². The Hall–Kier alpha value is -2.08. The van der Waals surface area contributed by atoms with Crippen LogP contribution in [0.5, 0.6) is 0 Å². The third kappa shape index (κ3) is 5.90. The zero-order valence-corrected chi connectivity index (χ0v) is 14.0. The monoisotopic (exact) mass is 319 g/mol. The first-order chi connectivity index (χ1) is 10.8. The molecule has 1 aromatic carbocycles. The summed E-state index contributed by atoms with van der Waals surface area (Å²) >= 11 is 0. The number of ether oxygens (including phenoxy) is 1. The number of nitrogens with one attached hydrogen (secondary N) is 2. The van der Waals surface area contributed by atoms with Crippen molar-refractivity contribution < 1.29 is 14.3 Å². The second-order valence-electron chi connectivity index (χ2n) is 6.63. The summed E-state index contributed by atoms with van der Waals surface area (Å²) < 4.78 is 5.20. The van der Waals surface area contributed by atoms with E-state index in [2.05, 4.69) is 10.6 Å². The molecule has 0 saturated carbocycles. The van der Waals surface area contributed by atoms with Crippen molar-refractivity contribution in [3.8, 4) is 0 Å². The normalized spacial score (nSPS) is 15.2. The summed E-state index contributed by atoms with van der Waals surface area (Å²) in [6, 6.07) is 7.27. The third-order valence-electron chi connectivity index (χ3n) is 3.42. The molecule has 1 aromatic rings. The number of rotatable bonds is 3. The fraction of sp³-hybridized carbons (Fsp3) is 0.529. The molecule has 1 aliphatic rings. The Bertz CT molecular complexity index is 543. The SMILES string of the molecule is CC(C)(C)OC(=O)Nc1ccc(CC(=O)N2CCNCC2)cc1. The van der Waals surface area contributed by atoms with Gasteiger partial charge in [-0.25, -0.2) is 4.79 Å². The first-order valence-electron chi connectivity index (χ1n) is 7.91. The number of hydrogen-bond donors (Lipinski definition) is 2. The van der Waals surface area contributed by atoms with E-state index in [-0.39, 0.29) is 5.91 Å². The Morgan fingerprint density at radius 2 is 1.78 bits per heavy atom. The number of hydrogen-bond acceptors (Lipinski definition) is 4. The molecular weight excluding hydrogens is 294 g/mol. The van der Waals surface area contributed by atoms with Crippen molar-refractivity contribution in [2.45, 2.75) is 32.8 Å². The van der Waals surface area contributed by atoms with Gasteiger partial charge in [0.25, 0.3) is 0 Å². The largest absolute Gasteiger partial charge is 0.444 e. The summed E-state index contributed by atoms with van der Waals surface area (Å²) in [4.78, 5) is 25.8. The van der Waals surface area contributed by atoms with Crippen LogP contribution in [-0.2, 0) is 16.0 Å². The zero-order valence-electron chi connectivity index (χ0n) is 14.0. The van der Waals surface area contributed by atoms with Crippen LogP contribution in [0.2, 0.25) is 0 Å². The summed E-state index contributed by atoms with van der Waals surface area (Å²) in [5, 5.41) is 5.91. The molecule has 0 radical (unpaired) electrons. The lowest BCUT2D eigenvalue weighted by Crippen LogP contribution is -2.46. The number of carbonyl (C=O) groups excluding carboxylic acids is 2. The van der Waals surface area contributed by atoms with Gasteiger partial charge < -0.3 is 15.0 Å². The molecule has 1 aliphatic heterocycles. The Labute approximate surface area is 137 Å². The lowest BCUT2D eigenvalue weighted by Gasteiger charge is -2.27. The first-order valence-corrected chi connectivity index (χ1v) is 7.91. The summed E-state index contributed by atoms with van der Waals surface area (Å²) in [6.45, 7) is 8.68. The first kappa shape index (κ1) is 17.3. The summed E-state index contributed by atoms with van der Waals surface area (Å²) in [5.74, 6) is 0.138. The van der Waals surface area contributed by atoms with Gasteiger partial charge in [0.1, 0.15) is 5.60 Å². The van der Waals surface area contributed by atoms with Gasteiger partial charge in [-0.3, -0.25) is 10.1 Å². The fourth-order valence-electron chi connectivity index (χ4n) is 2.33. The van der Waals surface area contributed by atoms with E-state index < -0.39 is 11.7 Å². The van der Waals surface area contributed by atoms with Gasteiger partial charge in [-0.2, -0.15) is 0 Å². The second kappa shape index (κ2) is 7.46. The van der Waals surface area contributed by atoms with Crippen LogP contribution < -0.4 is 10.6 Å². The van der Waals surface area contributed by atoms with Gasteiger partial charge in [-0.1, -0.05) is 12.1 Å². The maximum Gasteiger partial charge on any atom is 0.412 e. The van der Waals surface area contributed by atoms with Crippen LogP contribution in [0, 0.1) is 0 Å². The molecule has 0 unspecified atom stereocenters. The lowest BCUT2D eigenvalue weighted by atomic mass is 10.1. The Morgan fingerprint density at radius 3 is 2.35 bits per heavy atom. The Morgan fingerprint density at radius 1 is 1.17 bits per heavy atom. The predicted octanol–water partition coefficient (Wildman–Crippen LogP) is 2.01. The third-order valence-corrected chi connectivity index (χ3v) is 3.42. The second-order valence-corrected chi connectivity index (χ2v) is 6.63. The number of piperazine rings is 1. The van der Waals surface area contributed by atoms with Crippen LogP contribution in [0.4, 0.5) is 10.5 Å². The average molecular weight is 319 g/mol. The van der Waals surface area contributed by atoms with E-state index in [0.29, 0.717) is 12.1 Å². The molecule has 0 atom stereocenters. The fourth-order valence-corrected chi connectivity index (χ4v) is 2.33. The van der Waals surface area contributed by atoms with E-state index in [1.165, 1.54) is 0 Å². The Balaban J connectivity index is 1.86. The van der Waals surface area contributed by atoms with Crippen LogP contribution in [-0.4, -0.2) is 48.7 Å². The molecule has 2 rings (SSSR count). The minimum absolute atomic E-state index is 0.138. The molecule has 0 aromatic heterocycles. The number of benzene rings is 1. The number of amides is 2. The molecule has 1 fully saturated rings. The van der Waals surface area contributed by atoms with Gasteiger partial charge in [0.2, 0.25) is 5.91 Å². The van der Waals surface area contributed by atoms with E-state index in [4.69, 9.17) is 4.74 Å². The molecular formula is C17H25N3O3. The lowest BCUT2D eigenvalue weighted by molar-refractivity contribution is -0.131.